The van der Waals surface area contributed by atoms with E-state index in [2.05, 4.69) is 5.32 Å². The molecule has 0 saturated heterocycles. The molecular weight excluding hydrogens is 253 g/mol. The van der Waals surface area contributed by atoms with Crippen molar-refractivity contribution in [3.05, 3.63) is 69.7 Å². The van der Waals surface area contributed by atoms with Crippen molar-refractivity contribution in [3.63, 3.8) is 0 Å². The number of hydrogen-bond acceptors (Lipinski definition) is 1. The maximum Gasteiger partial charge on any atom is 0.0574 e. The lowest BCUT2D eigenvalue weighted by Crippen LogP contribution is -2.17. The summed E-state index contributed by atoms with van der Waals surface area (Å²) in [6.45, 7) is 0. The summed E-state index contributed by atoms with van der Waals surface area (Å²) in [5.41, 5.74) is 2.36. The normalized spacial score (nSPS) is 10.8. The third-order valence-electron chi connectivity index (χ3n) is 2.70. The highest BCUT2D eigenvalue weighted by atomic mass is 35.5. The van der Waals surface area contributed by atoms with Crippen LogP contribution in [-0.2, 0) is 0 Å². The van der Waals surface area contributed by atoms with Crippen LogP contribution in [0.4, 0.5) is 0 Å². The van der Waals surface area contributed by atoms with E-state index >= 15 is 0 Å². The fourth-order valence-electron chi connectivity index (χ4n) is 1.84. The summed E-state index contributed by atoms with van der Waals surface area (Å²) >= 11 is 11.8. The van der Waals surface area contributed by atoms with Crippen LogP contribution in [0, 0.1) is 0 Å². The van der Waals surface area contributed by atoms with Crippen LogP contribution in [0.1, 0.15) is 17.2 Å². The Hall–Kier alpha value is -1.02. The first-order chi connectivity index (χ1) is 8.20. The number of nitrogens with one attached hydrogen (secondary N) is 1. The highest BCUT2D eigenvalue weighted by Crippen LogP contribution is 2.24. The van der Waals surface area contributed by atoms with Crippen LogP contribution in [0.5, 0.6) is 0 Å². The highest BCUT2D eigenvalue weighted by molar-refractivity contribution is 6.30. The molecule has 0 aliphatic carbocycles. The lowest BCUT2D eigenvalue weighted by atomic mass is 9.99. The zero-order valence-corrected chi connectivity index (χ0v) is 11.0. The van der Waals surface area contributed by atoms with E-state index in [1.807, 2.05) is 55.6 Å². The van der Waals surface area contributed by atoms with Crippen LogP contribution in [-0.4, -0.2) is 7.05 Å². The van der Waals surface area contributed by atoms with E-state index in [0.717, 1.165) is 10.0 Å². The zero-order valence-electron chi connectivity index (χ0n) is 9.45. The van der Waals surface area contributed by atoms with Gasteiger partial charge in [-0.2, -0.15) is 0 Å². The number of rotatable bonds is 3. The van der Waals surface area contributed by atoms with E-state index in [1.54, 1.807) is 0 Å². The molecule has 0 bridgehead atoms. The van der Waals surface area contributed by atoms with Crippen LogP contribution >= 0.6 is 23.2 Å². The first-order valence-electron chi connectivity index (χ1n) is 5.39. The first kappa shape index (κ1) is 12.4. The Labute approximate surface area is 111 Å². The van der Waals surface area contributed by atoms with Crippen molar-refractivity contribution < 1.29 is 0 Å². The lowest BCUT2D eigenvalue weighted by molar-refractivity contribution is 0.692. The largest absolute Gasteiger partial charge is 0.309 e. The molecular formula is C14H13Cl2N. The van der Waals surface area contributed by atoms with Crippen LogP contribution in [0.3, 0.4) is 0 Å². The van der Waals surface area contributed by atoms with Gasteiger partial charge in [0.15, 0.2) is 0 Å². The van der Waals surface area contributed by atoms with Crippen molar-refractivity contribution in [1.82, 2.24) is 5.32 Å². The summed E-state index contributed by atoms with van der Waals surface area (Å²) in [5, 5.41) is 4.79. The Balaban J connectivity index is 2.33. The minimum absolute atomic E-state index is 0.157. The minimum atomic E-state index is 0.157. The standard InChI is InChI=1S/C14H13Cl2N/c1-17-14(10-2-6-12(15)7-3-10)11-4-8-13(16)9-5-11/h2-9,14,17H,1H3. The average Bonchev–Trinajstić information content (AvgIpc) is 2.35. The third-order valence-corrected chi connectivity index (χ3v) is 3.20. The van der Waals surface area contributed by atoms with Gasteiger partial charge < -0.3 is 5.32 Å². The van der Waals surface area contributed by atoms with Gasteiger partial charge in [-0.15, -0.1) is 0 Å². The average molecular weight is 266 g/mol. The van der Waals surface area contributed by atoms with Gasteiger partial charge in [0.05, 0.1) is 6.04 Å². The molecule has 0 aliphatic heterocycles. The predicted octanol–water partition coefficient (Wildman–Crippen LogP) is 4.30. The van der Waals surface area contributed by atoms with Gasteiger partial charge in [0.1, 0.15) is 0 Å². The van der Waals surface area contributed by atoms with Crippen LogP contribution in [0.25, 0.3) is 0 Å². The Morgan fingerprint density at radius 3 is 1.41 bits per heavy atom. The van der Waals surface area contributed by atoms with Crippen molar-refractivity contribution in [2.75, 3.05) is 7.05 Å². The third kappa shape index (κ3) is 3.01. The summed E-state index contributed by atoms with van der Waals surface area (Å²) in [4.78, 5) is 0. The van der Waals surface area contributed by atoms with Gasteiger partial charge in [0, 0.05) is 10.0 Å². The molecule has 1 N–H and O–H groups in total. The monoisotopic (exact) mass is 265 g/mol. The molecule has 0 fully saturated rings. The molecule has 0 amide bonds. The molecule has 0 aliphatic rings. The summed E-state index contributed by atoms with van der Waals surface area (Å²) < 4.78 is 0. The van der Waals surface area contributed by atoms with E-state index in [4.69, 9.17) is 23.2 Å². The van der Waals surface area contributed by atoms with Crippen LogP contribution in [0.15, 0.2) is 48.5 Å². The number of halogens is 2. The van der Waals surface area contributed by atoms with E-state index < -0.39 is 0 Å². The summed E-state index contributed by atoms with van der Waals surface area (Å²) in [7, 11) is 1.94. The van der Waals surface area contributed by atoms with Gasteiger partial charge in [-0.1, -0.05) is 47.5 Å². The molecule has 0 unspecified atom stereocenters. The smallest absolute Gasteiger partial charge is 0.0574 e. The van der Waals surface area contributed by atoms with E-state index in [-0.39, 0.29) is 6.04 Å². The second kappa shape index (κ2) is 5.54. The van der Waals surface area contributed by atoms with Gasteiger partial charge in [-0.3, -0.25) is 0 Å². The van der Waals surface area contributed by atoms with Gasteiger partial charge in [-0.25, -0.2) is 0 Å². The lowest BCUT2D eigenvalue weighted by Gasteiger charge is -2.17. The van der Waals surface area contributed by atoms with Crippen molar-refractivity contribution >= 4 is 23.2 Å². The topological polar surface area (TPSA) is 12.0 Å². The molecule has 3 heteroatoms. The molecule has 2 aromatic rings. The Kier molecular flexibility index (Phi) is 4.06. The molecule has 0 radical (unpaired) electrons. The van der Waals surface area contributed by atoms with Crippen molar-refractivity contribution in [2.24, 2.45) is 0 Å². The minimum Gasteiger partial charge on any atom is -0.309 e. The Bertz CT molecular complexity index is 431. The SMILES string of the molecule is CNC(c1ccc(Cl)cc1)c1ccc(Cl)cc1. The summed E-state index contributed by atoms with van der Waals surface area (Å²) in [6.07, 6.45) is 0. The molecule has 0 saturated carbocycles. The van der Waals surface area contributed by atoms with E-state index in [0.29, 0.717) is 0 Å². The van der Waals surface area contributed by atoms with Crippen LogP contribution < -0.4 is 5.32 Å². The number of hydrogen-bond donors (Lipinski definition) is 1. The molecule has 1 nitrogen and oxygen atoms in total. The zero-order chi connectivity index (χ0) is 12.3. The maximum atomic E-state index is 5.89. The van der Waals surface area contributed by atoms with E-state index in [9.17, 15) is 0 Å². The highest BCUT2D eigenvalue weighted by Gasteiger charge is 2.11. The Morgan fingerprint density at radius 1 is 0.765 bits per heavy atom. The van der Waals surface area contributed by atoms with Gasteiger partial charge in [0.25, 0.3) is 0 Å². The van der Waals surface area contributed by atoms with Crippen LogP contribution in [0.2, 0.25) is 10.0 Å². The fourth-order valence-corrected chi connectivity index (χ4v) is 2.09. The second-order valence-electron chi connectivity index (χ2n) is 3.82. The fraction of sp³-hybridized carbons (Fsp3) is 0.143. The van der Waals surface area contributed by atoms with Gasteiger partial charge in [-0.05, 0) is 42.4 Å². The van der Waals surface area contributed by atoms with Crippen molar-refractivity contribution in [1.29, 1.82) is 0 Å². The first-order valence-corrected chi connectivity index (χ1v) is 6.14. The van der Waals surface area contributed by atoms with E-state index in [1.165, 1.54) is 11.1 Å². The molecule has 17 heavy (non-hydrogen) atoms. The molecule has 0 aromatic heterocycles. The van der Waals surface area contributed by atoms with Gasteiger partial charge >= 0.3 is 0 Å². The number of benzene rings is 2. The molecule has 2 aromatic carbocycles. The second-order valence-corrected chi connectivity index (χ2v) is 4.70. The molecule has 0 atom stereocenters. The maximum absolute atomic E-state index is 5.89. The Morgan fingerprint density at radius 2 is 1.12 bits per heavy atom. The summed E-state index contributed by atoms with van der Waals surface area (Å²) in [5.74, 6) is 0. The molecule has 0 heterocycles. The summed E-state index contributed by atoms with van der Waals surface area (Å²) in [6, 6.07) is 15.9. The van der Waals surface area contributed by atoms with Gasteiger partial charge in [0.2, 0.25) is 0 Å². The molecule has 0 spiro atoms. The molecule has 2 rings (SSSR count). The molecule has 88 valence electrons. The van der Waals surface area contributed by atoms with Crippen molar-refractivity contribution in [3.8, 4) is 0 Å². The van der Waals surface area contributed by atoms with Crippen molar-refractivity contribution in [2.45, 2.75) is 6.04 Å². The predicted molar refractivity (Wildman–Crippen MR) is 73.8 cm³/mol. The quantitative estimate of drug-likeness (QED) is 0.873.